The van der Waals surface area contributed by atoms with Gasteiger partial charge in [0.05, 0.1) is 4.90 Å². The summed E-state index contributed by atoms with van der Waals surface area (Å²) in [4.78, 5) is 12.2. The van der Waals surface area contributed by atoms with Gasteiger partial charge in [0.15, 0.2) is 0 Å². The van der Waals surface area contributed by atoms with Crippen molar-refractivity contribution in [3.05, 3.63) is 42.5 Å². The lowest BCUT2D eigenvalue weighted by Crippen LogP contribution is -2.49. The number of benzene rings is 1. The van der Waals surface area contributed by atoms with E-state index in [2.05, 4.69) is 16.6 Å². The zero-order chi connectivity index (χ0) is 16.0. The predicted molar refractivity (Wildman–Crippen MR) is 83.3 cm³/mol. The third-order valence-electron chi connectivity index (χ3n) is 2.98. The molecule has 0 fully saturated rings. The first-order valence-corrected chi connectivity index (χ1v) is 8.24. The summed E-state index contributed by atoms with van der Waals surface area (Å²) < 4.78 is 27.1. The Morgan fingerprint density at radius 1 is 1.29 bits per heavy atom. The van der Waals surface area contributed by atoms with Crippen molar-refractivity contribution in [2.45, 2.75) is 31.7 Å². The molecule has 6 heteroatoms. The summed E-state index contributed by atoms with van der Waals surface area (Å²) in [6, 6.07) is 5.66. The van der Waals surface area contributed by atoms with E-state index in [1.807, 2.05) is 6.92 Å². The summed E-state index contributed by atoms with van der Waals surface area (Å²) in [5, 5.41) is 2.61. The maximum atomic E-state index is 12.3. The van der Waals surface area contributed by atoms with Gasteiger partial charge in [-0.05, 0) is 25.0 Å². The van der Waals surface area contributed by atoms with Crippen LogP contribution in [0.5, 0.6) is 0 Å². The highest BCUT2D eigenvalue weighted by Gasteiger charge is 2.27. The molecule has 1 rings (SSSR count). The smallest absolute Gasteiger partial charge is 0.241 e. The van der Waals surface area contributed by atoms with Gasteiger partial charge in [-0.15, -0.1) is 6.58 Å². The van der Waals surface area contributed by atoms with E-state index in [0.29, 0.717) is 6.54 Å². The molecule has 2 N–H and O–H groups in total. The molecule has 1 atom stereocenters. The minimum atomic E-state index is -3.73. The number of carbonyl (C=O) groups is 1. The van der Waals surface area contributed by atoms with Crippen molar-refractivity contribution < 1.29 is 13.2 Å². The Bertz CT molecular complexity index is 592. The molecule has 0 saturated carbocycles. The van der Waals surface area contributed by atoms with Gasteiger partial charge in [-0.1, -0.05) is 37.6 Å². The first-order chi connectivity index (χ1) is 9.77. The Morgan fingerprint density at radius 3 is 2.33 bits per heavy atom. The zero-order valence-corrected chi connectivity index (χ0v) is 13.4. The van der Waals surface area contributed by atoms with Crippen LogP contribution in [0, 0.1) is 12.8 Å². The molecule has 0 aliphatic rings. The van der Waals surface area contributed by atoms with Gasteiger partial charge in [-0.3, -0.25) is 4.79 Å². The van der Waals surface area contributed by atoms with E-state index >= 15 is 0 Å². The maximum absolute atomic E-state index is 12.3. The van der Waals surface area contributed by atoms with Crippen LogP contribution in [0.4, 0.5) is 0 Å². The number of rotatable bonds is 7. The van der Waals surface area contributed by atoms with Crippen molar-refractivity contribution in [2.75, 3.05) is 6.54 Å². The molecule has 0 unspecified atom stereocenters. The van der Waals surface area contributed by atoms with Gasteiger partial charge < -0.3 is 5.32 Å². The molecule has 0 aliphatic heterocycles. The number of aryl methyl sites for hydroxylation is 1. The van der Waals surface area contributed by atoms with Gasteiger partial charge in [-0.2, -0.15) is 4.72 Å². The van der Waals surface area contributed by atoms with Gasteiger partial charge in [0, 0.05) is 6.54 Å². The molecule has 1 aromatic rings. The molecule has 0 saturated heterocycles. The minimum Gasteiger partial charge on any atom is -0.351 e. The van der Waals surface area contributed by atoms with E-state index in [1.165, 1.54) is 12.1 Å². The van der Waals surface area contributed by atoms with Crippen LogP contribution in [0.1, 0.15) is 19.4 Å². The van der Waals surface area contributed by atoms with E-state index in [4.69, 9.17) is 0 Å². The molecule has 0 bridgehead atoms. The first-order valence-electron chi connectivity index (χ1n) is 6.75. The van der Waals surface area contributed by atoms with Crippen molar-refractivity contribution >= 4 is 15.9 Å². The Hall–Kier alpha value is -1.66. The second-order valence-corrected chi connectivity index (χ2v) is 6.90. The quantitative estimate of drug-likeness (QED) is 0.751. The Morgan fingerprint density at radius 2 is 1.86 bits per heavy atom. The lowest BCUT2D eigenvalue weighted by molar-refractivity contribution is -0.123. The van der Waals surface area contributed by atoms with Crippen LogP contribution >= 0.6 is 0 Å². The largest absolute Gasteiger partial charge is 0.351 e. The SMILES string of the molecule is C=CCNC(=O)[C@H](NS(=O)(=O)c1ccc(C)cc1)C(C)C. The fourth-order valence-electron chi connectivity index (χ4n) is 1.73. The normalized spacial score (nSPS) is 13.0. The zero-order valence-electron chi connectivity index (χ0n) is 12.6. The molecular formula is C15H22N2O3S. The number of nitrogens with one attached hydrogen (secondary N) is 2. The molecule has 1 aromatic carbocycles. The fraction of sp³-hybridized carbons (Fsp3) is 0.400. The summed E-state index contributed by atoms with van der Waals surface area (Å²) in [5.41, 5.74) is 0.970. The van der Waals surface area contributed by atoms with Crippen molar-refractivity contribution in [3.8, 4) is 0 Å². The molecule has 0 aliphatic carbocycles. The molecule has 116 valence electrons. The summed E-state index contributed by atoms with van der Waals surface area (Å²) >= 11 is 0. The molecular weight excluding hydrogens is 288 g/mol. The topological polar surface area (TPSA) is 75.3 Å². The van der Waals surface area contributed by atoms with Crippen molar-refractivity contribution in [1.29, 1.82) is 0 Å². The molecule has 21 heavy (non-hydrogen) atoms. The molecule has 1 amide bonds. The molecule has 0 aromatic heterocycles. The van der Waals surface area contributed by atoms with Crippen LogP contribution < -0.4 is 10.0 Å². The van der Waals surface area contributed by atoms with E-state index in [9.17, 15) is 13.2 Å². The molecule has 0 heterocycles. The van der Waals surface area contributed by atoms with Crippen LogP contribution in [-0.4, -0.2) is 26.9 Å². The van der Waals surface area contributed by atoms with Crippen LogP contribution in [-0.2, 0) is 14.8 Å². The summed E-state index contributed by atoms with van der Waals surface area (Å²) in [7, 11) is -3.73. The fourth-order valence-corrected chi connectivity index (χ4v) is 3.07. The molecule has 0 radical (unpaired) electrons. The third kappa shape index (κ3) is 4.99. The van der Waals surface area contributed by atoms with Crippen LogP contribution in [0.25, 0.3) is 0 Å². The van der Waals surface area contributed by atoms with Crippen LogP contribution in [0.2, 0.25) is 0 Å². The number of sulfonamides is 1. The second-order valence-electron chi connectivity index (χ2n) is 5.19. The van der Waals surface area contributed by atoms with Crippen molar-refractivity contribution in [1.82, 2.24) is 10.0 Å². The van der Waals surface area contributed by atoms with E-state index < -0.39 is 16.1 Å². The first kappa shape index (κ1) is 17.4. The van der Waals surface area contributed by atoms with Gasteiger partial charge in [-0.25, -0.2) is 8.42 Å². The molecule has 5 nitrogen and oxygen atoms in total. The lowest BCUT2D eigenvalue weighted by atomic mass is 10.1. The van der Waals surface area contributed by atoms with Gasteiger partial charge in [0.25, 0.3) is 0 Å². The Labute approximate surface area is 126 Å². The maximum Gasteiger partial charge on any atom is 0.241 e. The summed E-state index contributed by atoms with van der Waals surface area (Å²) in [6.07, 6.45) is 1.55. The summed E-state index contributed by atoms with van der Waals surface area (Å²) in [5.74, 6) is -0.532. The number of hydrogen-bond acceptors (Lipinski definition) is 3. The number of hydrogen-bond donors (Lipinski definition) is 2. The second kappa shape index (κ2) is 7.38. The average molecular weight is 310 g/mol. The lowest BCUT2D eigenvalue weighted by Gasteiger charge is -2.21. The standard InChI is InChI=1S/C15H22N2O3S/c1-5-10-16-15(18)14(11(2)3)17-21(19,20)13-8-6-12(4)7-9-13/h5-9,11,14,17H,1,10H2,2-4H3,(H,16,18)/t14-/m1/s1. The van der Waals surface area contributed by atoms with Crippen molar-refractivity contribution in [2.24, 2.45) is 5.92 Å². The van der Waals surface area contributed by atoms with Gasteiger partial charge in [0.2, 0.25) is 15.9 Å². The van der Waals surface area contributed by atoms with Crippen LogP contribution in [0.3, 0.4) is 0 Å². The highest BCUT2D eigenvalue weighted by molar-refractivity contribution is 7.89. The number of amides is 1. The third-order valence-corrected chi connectivity index (χ3v) is 4.44. The van der Waals surface area contributed by atoms with Crippen LogP contribution in [0.15, 0.2) is 41.8 Å². The van der Waals surface area contributed by atoms with Gasteiger partial charge >= 0.3 is 0 Å². The van der Waals surface area contributed by atoms with E-state index in [1.54, 1.807) is 32.1 Å². The minimum absolute atomic E-state index is 0.148. The predicted octanol–water partition coefficient (Wildman–Crippen LogP) is 1.60. The number of carbonyl (C=O) groups excluding carboxylic acids is 1. The van der Waals surface area contributed by atoms with E-state index in [-0.39, 0.29) is 16.7 Å². The van der Waals surface area contributed by atoms with E-state index in [0.717, 1.165) is 5.56 Å². The summed E-state index contributed by atoms with van der Waals surface area (Å²) in [6.45, 7) is 9.27. The average Bonchev–Trinajstić information content (AvgIpc) is 2.42. The van der Waals surface area contributed by atoms with Gasteiger partial charge in [0.1, 0.15) is 6.04 Å². The monoisotopic (exact) mass is 310 g/mol. The Kier molecular flexibility index (Phi) is 6.11. The highest BCUT2D eigenvalue weighted by atomic mass is 32.2. The Balaban J connectivity index is 2.94. The van der Waals surface area contributed by atoms with Crippen molar-refractivity contribution in [3.63, 3.8) is 0 Å². The highest BCUT2D eigenvalue weighted by Crippen LogP contribution is 2.13. The molecule has 0 spiro atoms.